The maximum Gasteiger partial charge on any atom is 0.151 e. The van der Waals surface area contributed by atoms with Crippen LogP contribution in [0.15, 0.2) is 133 Å². The van der Waals surface area contributed by atoms with Crippen LogP contribution in [0.3, 0.4) is 0 Å². The lowest BCUT2D eigenvalue weighted by atomic mass is 10.0. The summed E-state index contributed by atoms with van der Waals surface area (Å²) in [4.78, 5) is 0. The van der Waals surface area contributed by atoms with Gasteiger partial charge in [-0.25, -0.2) is 0 Å². The first kappa shape index (κ1) is 24.3. The second kappa shape index (κ2) is 9.35. The molecule has 0 saturated heterocycles. The fourth-order valence-corrected chi connectivity index (χ4v) is 7.88. The lowest BCUT2D eigenvalue weighted by Crippen LogP contribution is -2.02. The van der Waals surface area contributed by atoms with Gasteiger partial charge in [-0.2, -0.15) is 0 Å². The number of rotatable bonds is 4. The molecule has 0 bridgehead atoms. The van der Waals surface area contributed by atoms with E-state index in [9.17, 15) is 0 Å². The van der Waals surface area contributed by atoms with E-state index in [0.29, 0.717) is 12.3 Å². The molecule has 0 spiro atoms. The van der Waals surface area contributed by atoms with Crippen LogP contribution in [0.2, 0.25) is 0 Å². The van der Waals surface area contributed by atoms with Crippen molar-refractivity contribution in [1.82, 2.24) is 4.57 Å². The number of ether oxygens (including phenoxy) is 1. The molecular weight excluding hydrogens is 545 g/mol. The molecule has 0 aliphatic carbocycles. The molecule has 0 saturated carbocycles. The van der Waals surface area contributed by atoms with Crippen LogP contribution in [0, 0.1) is 0 Å². The van der Waals surface area contributed by atoms with Crippen LogP contribution in [0.5, 0.6) is 5.75 Å². The topological polar surface area (TPSA) is 40.2 Å². The van der Waals surface area contributed by atoms with Gasteiger partial charge in [-0.15, -0.1) is 11.3 Å². The largest absolute Gasteiger partial charge is 0.486 e. The zero-order chi connectivity index (χ0) is 28.5. The van der Waals surface area contributed by atoms with Gasteiger partial charge in [-0.05, 0) is 58.1 Å². The van der Waals surface area contributed by atoms with Gasteiger partial charge < -0.3 is 15.0 Å². The third-order valence-electron chi connectivity index (χ3n) is 8.69. The highest BCUT2D eigenvalue weighted by Crippen LogP contribution is 2.43. The number of nitrogens with two attached hydrogens (primary N) is 1. The Balaban J connectivity index is 1.22. The molecule has 2 N–H and O–H groups in total. The third-order valence-corrected chi connectivity index (χ3v) is 9.83. The van der Waals surface area contributed by atoms with Gasteiger partial charge in [-0.3, -0.25) is 0 Å². The molecule has 43 heavy (non-hydrogen) atoms. The molecular formula is C39H26N2OS. The summed E-state index contributed by atoms with van der Waals surface area (Å²) in [5, 5.41) is 9.72. The zero-order valence-corrected chi connectivity index (χ0v) is 24.1. The van der Waals surface area contributed by atoms with Gasteiger partial charge >= 0.3 is 0 Å². The lowest BCUT2D eigenvalue weighted by molar-refractivity contribution is 0.313. The standard InChI is InChI=1S/C39H26N2OS/c40-31-19-22-36-38(30-14-6-8-16-35(30)43-36)39(31)42-23-25-18-20-33(28-12-4-3-10-26(25)28)41-32-15-7-5-13-29(32)37-27-11-2-1-9-24(27)17-21-34(37)41/h1-22H,23,40H2. The van der Waals surface area contributed by atoms with E-state index >= 15 is 0 Å². The molecule has 7 aromatic carbocycles. The van der Waals surface area contributed by atoms with Crippen molar-refractivity contribution in [2.24, 2.45) is 0 Å². The van der Waals surface area contributed by atoms with Gasteiger partial charge in [0.05, 0.1) is 22.4 Å². The summed E-state index contributed by atoms with van der Waals surface area (Å²) in [6.45, 7) is 0.423. The van der Waals surface area contributed by atoms with Crippen molar-refractivity contribution in [3.8, 4) is 11.4 Å². The van der Waals surface area contributed by atoms with Crippen LogP contribution in [0.25, 0.3) is 69.2 Å². The minimum Gasteiger partial charge on any atom is -0.486 e. The number of hydrogen-bond donors (Lipinski definition) is 1. The molecule has 0 aliphatic heterocycles. The fraction of sp³-hybridized carbons (Fsp3) is 0.0256. The fourth-order valence-electron chi connectivity index (χ4n) is 6.77. The van der Waals surface area contributed by atoms with E-state index in [1.165, 1.54) is 58.1 Å². The lowest BCUT2D eigenvalue weighted by Gasteiger charge is -2.16. The van der Waals surface area contributed by atoms with Crippen molar-refractivity contribution in [3.63, 3.8) is 0 Å². The monoisotopic (exact) mass is 570 g/mol. The molecule has 0 amide bonds. The minimum atomic E-state index is 0.423. The van der Waals surface area contributed by atoms with Gasteiger partial charge in [-0.1, -0.05) is 97.1 Å². The Hall–Kier alpha value is -5.32. The molecule has 0 unspecified atom stereocenters. The predicted molar refractivity (Wildman–Crippen MR) is 184 cm³/mol. The first-order valence-electron chi connectivity index (χ1n) is 14.5. The number of hydrogen-bond acceptors (Lipinski definition) is 3. The van der Waals surface area contributed by atoms with Crippen molar-refractivity contribution >= 4 is 80.5 Å². The van der Waals surface area contributed by atoms with E-state index in [1.807, 2.05) is 6.07 Å². The molecule has 204 valence electrons. The summed E-state index contributed by atoms with van der Waals surface area (Å²) in [6, 6.07) is 47.5. The van der Waals surface area contributed by atoms with E-state index in [1.54, 1.807) is 11.3 Å². The predicted octanol–water partition coefficient (Wildman–Crippen LogP) is 10.6. The summed E-state index contributed by atoms with van der Waals surface area (Å²) in [6.07, 6.45) is 0. The average Bonchev–Trinajstić information content (AvgIpc) is 3.60. The van der Waals surface area contributed by atoms with Gasteiger partial charge in [0.1, 0.15) is 6.61 Å². The molecule has 0 fully saturated rings. The van der Waals surface area contributed by atoms with Crippen LogP contribution in [0.4, 0.5) is 5.69 Å². The summed E-state index contributed by atoms with van der Waals surface area (Å²) < 4.78 is 11.4. The van der Waals surface area contributed by atoms with Gasteiger partial charge in [0.25, 0.3) is 0 Å². The maximum absolute atomic E-state index is 6.60. The van der Waals surface area contributed by atoms with Crippen LogP contribution >= 0.6 is 11.3 Å². The zero-order valence-electron chi connectivity index (χ0n) is 23.2. The van der Waals surface area contributed by atoms with Crippen molar-refractivity contribution in [3.05, 3.63) is 139 Å². The number of nitrogen functional groups attached to an aromatic ring is 1. The van der Waals surface area contributed by atoms with Crippen molar-refractivity contribution in [1.29, 1.82) is 0 Å². The maximum atomic E-state index is 6.60. The number of anilines is 1. The third kappa shape index (κ3) is 3.60. The Bertz CT molecular complexity index is 2540. The highest BCUT2D eigenvalue weighted by Gasteiger charge is 2.18. The van der Waals surface area contributed by atoms with Crippen LogP contribution in [-0.4, -0.2) is 4.57 Å². The Morgan fingerprint density at radius 3 is 2.14 bits per heavy atom. The van der Waals surface area contributed by atoms with Crippen molar-refractivity contribution in [2.45, 2.75) is 6.61 Å². The normalized spacial score (nSPS) is 11.9. The highest BCUT2D eigenvalue weighted by molar-refractivity contribution is 7.25. The molecule has 0 atom stereocenters. The quantitative estimate of drug-likeness (QED) is 0.214. The first-order chi connectivity index (χ1) is 21.3. The molecule has 0 radical (unpaired) electrons. The van der Waals surface area contributed by atoms with Gasteiger partial charge in [0.2, 0.25) is 0 Å². The summed E-state index contributed by atoms with van der Waals surface area (Å²) in [7, 11) is 0. The van der Waals surface area contributed by atoms with E-state index in [-0.39, 0.29) is 0 Å². The second-order valence-electron chi connectivity index (χ2n) is 11.1. The minimum absolute atomic E-state index is 0.423. The van der Waals surface area contributed by atoms with Gasteiger partial charge in [0.15, 0.2) is 5.75 Å². The summed E-state index contributed by atoms with van der Waals surface area (Å²) in [5.74, 6) is 0.761. The SMILES string of the molecule is Nc1ccc2sc3ccccc3c2c1OCc1ccc(-n2c3ccccc3c3c4ccccc4ccc32)c2ccccc12. The van der Waals surface area contributed by atoms with Crippen LogP contribution in [0.1, 0.15) is 5.56 Å². The number of aromatic nitrogens is 1. The van der Waals surface area contributed by atoms with E-state index in [4.69, 9.17) is 10.5 Å². The van der Waals surface area contributed by atoms with E-state index < -0.39 is 0 Å². The Morgan fingerprint density at radius 2 is 1.26 bits per heavy atom. The summed E-state index contributed by atoms with van der Waals surface area (Å²) >= 11 is 1.77. The number of fused-ring (bicyclic) bond motifs is 9. The van der Waals surface area contributed by atoms with E-state index in [2.05, 4.69) is 132 Å². The number of nitrogens with zero attached hydrogens (tertiary/aromatic N) is 1. The Morgan fingerprint density at radius 1 is 0.535 bits per heavy atom. The smallest absolute Gasteiger partial charge is 0.151 e. The van der Waals surface area contributed by atoms with Crippen LogP contribution in [-0.2, 0) is 6.61 Å². The average molecular weight is 571 g/mol. The number of benzene rings is 7. The molecule has 2 heterocycles. The van der Waals surface area contributed by atoms with E-state index in [0.717, 1.165) is 22.4 Å². The number of thiophene rings is 1. The van der Waals surface area contributed by atoms with Crippen molar-refractivity contribution < 1.29 is 4.74 Å². The molecule has 9 aromatic rings. The molecule has 2 aromatic heterocycles. The van der Waals surface area contributed by atoms with Crippen molar-refractivity contribution in [2.75, 3.05) is 5.73 Å². The number of para-hydroxylation sites is 1. The summed E-state index contributed by atoms with van der Waals surface area (Å²) in [5.41, 5.74) is 11.9. The molecule has 0 aliphatic rings. The Kier molecular flexibility index (Phi) is 5.28. The van der Waals surface area contributed by atoms with Gasteiger partial charge in [0, 0.05) is 36.3 Å². The second-order valence-corrected chi connectivity index (χ2v) is 12.2. The molecule has 4 heteroatoms. The Labute approximate surface area is 252 Å². The molecule has 9 rings (SSSR count). The molecule has 3 nitrogen and oxygen atoms in total. The first-order valence-corrected chi connectivity index (χ1v) is 15.3. The highest BCUT2D eigenvalue weighted by atomic mass is 32.1. The van der Waals surface area contributed by atoms with Crippen LogP contribution < -0.4 is 10.5 Å².